The molecule has 0 aliphatic rings. The van der Waals surface area contributed by atoms with Crippen molar-refractivity contribution in [3.8, 4) is 5.75 Å². The standard InChI is InChI=1S/C19H23N3O3S/c1-3-26-13-14-4-6-15(7-5-14)19(24)22-21-18(23)12-20-16-8-10-17(25-2)11-9-16/h4-11,20H,3,12-13H2,1-2H3,(H,21,23)(H,22,24). The summed E-state index contributed by atoms with van der Waals surface area (Å²) in [7, 11) is 1.59. The zero-order chi connectivity index (χ0) is 18.8. The molecular weight excluding hydrogens is 350 g/mol. The molecule has 0 fully saturated rings. The van der Waals surface area contributed by atoms with Gasteiger partial charge in [0.2, 0.25) is 0 Å². The van der Waals surface area contributed by atoms with E-state index >= 15 is 0 Å². The fraction of sp³-hybridized carbons (Fsp3) is 0.263. The third kappa shape index (κ3) is 6.33. The maximum atomic E-state index is 12.1. The molecule has 0 unspecified atom stereocenters. The summed E-state index contributed by atoms with van der Waals surface area (Å²) >= 11 is 1.82. The van der Waals surface area contributed by atoms with Crippen molar-refractivity contribution < 1.29 is 14.3 Å². The van der Waals surface area contributed by atoms with E-state index in [9.17, 15) is 9.59 Å². The van der Waals surface area contributed by atoms with Crippen molar-refractivity contribution in [1.29, 1.82) is 0 Å². The zero-order valence-electron chi connectivity index (χ0n) is 14.9. The van der Waals surface area contributed by atoms with Gasteiger partial charge in [-0.1, -0.05) is 19.1 Å². The first-order valence-electron chi connectivity index (χ1n) is 8.26. The van der Waals surface area contributed by atoms with Crippen LogP contribution in [-0.2, 0) is 10.5 Å². The molecule has 0 aromatic heterocycles. The lowest BCUT2D eigenvalue weighted by molar-refractivity contribution is -0.120. The van der Waals surface area contributed by atoms with E-state index in [1.54, 1.807) is 31.4 Å². The molecule has 6 nitrogen and oxygen atoms in total. The number of rotatable bonds is 8. The zero-order valence-corrected chi connectivity index (χ0v) is 15.7. The first-order valence-corrected chi connectivity index (χ1v) is 9.41. The maximum Gasteiger partial charge on any atom is 0.269 e. The third-order valence-electron chi connectivity index (χ3n) is 3.55. The second-order valence-electron chi connectivity index (χ2n) is 5.42. The van der Waals surface area contributed by atoms with E-state index in [1.165, 1.54) is 5.56 Å². The highest BCUT2D eigenvalue weighted by Crippen LogP contribution is 2.14. The highest BCUT2D eigenvalue weighted by atomic mass is 32.2. The van der Waals surface area contributed by atoms with E-state index in [0.717, 1.165) is 22.9 Å². The lowest BCUT2D eigenvalue weighted by Gasteiger charge is -2.10. The fourth-order valence-corrected chi connectivity index (χ4v) is 2.74. The molecule has 0 aliphatic carbocycles. The average molecular weight is 373 g/mol. The van der Waals surface area contributed by atoms with Gasteiger partial charge in [0.05, 0.1) is 13.7 Å². The number of carbonyl (C=O) groups is 2. The maximum absolute atomic E-state index is 12.1. The van der Waals surface area contributed by atoms with Crippen LogP contribution in [0.3, 0.4) is 0 Å². The predicted molar refractivity (Wildman–Crippen MR) is 105 cm³/mol. The monoisotopic (exact) mass is 373 g/mol. The second-order valence-corrected chi connectivity index (χ2v) is 6.69. The smallest absolute Gasteiger partial charge is 0.269 e. The van der Waals surface area contributed by atoms with Crippen LogP contribution in [0.5, 0.6) is 5.75 Å². The lowest BCUT2D eigenvalue weighted by atomic mass is 10.1. The molecule has 0 saturated carbocycles. The summed E-state index contributed by atoms with van der Waals surface area (Å²) in [5.41, 5.74) is 7.26. The number of hydrogen-bond acceptors (Lipinski definition) is 5. The van der Waals surface area contributed by atoms with E-state index < -0.39 is 0 Å². The Morgan fingerprint density at radius 3 is 2.31 bits per heavy atom. The summed E-state index contributed by atoms with van der Waals surface area (Å²) in [6.45, 7) is 2.15. The summed E-state index contributed by atoms with van der Waals surface area (Å²) in [5.74, 6) is 2.03. The Hall–Kier alpha value is -2.67. The molecule has 2 rings (SSSR count). The quantitative estimate of drug-likeness (QED) is 0.620. The number of amides is 2. The first-order chi connectivity index (χ1) is 12.6. The van der Waals surface area contributed by atoms with Gasteiger partial charge in [-0.2, -0.15) is 11.8 Å². The summed E-state index contributed by atoms with van der Waals surface area (Å²) in [4.78, 5) is 23.9. The van der Waals surface area contributed by atoms with Crippen molar-refractivity contribution in [2.45, 2.75) is 12.7 Å². The SMILES string of the molecule is CCSCc1ccc(C(=O)NNC(=O)CNc2ccc(OC)cc2)cc1. The minimum absolute atomic E-state index is 0.0415. The van der Waals surface area contributed by atoms with Gasteiger partial charge in [-0.25, -0.2) is 0 Å². The number of methoxy groups -OCH3 is 1. The van der Waals surface area contributed by atoms with Gasteiger partial charge in [0.1, 0.15) is 5.75 Å². The Morgan fingerprint density at radius 1 is 1.00 bits per heavy atom. The minimum Gasteiger partial charge on any atom is -0.497 e. The van der Waals surface area contributed by atoms with Gasteiger partial charge in [0, 0.05) is 17.0 Å². The lowest BCUT2D eigenvalue weighted by Crippen LogP contribution is -2.44. The van der Waals surface area contributed by atoms with Crippen LogP contribution in [-0.4, -0.2) is 31.2 Å². The Morgan fingerprint density at radius 2 is 1.69 bits per heavy atom. The molecule has 0 radical (unpaired) electrons. The van der Waals surface area contributed by atoms with E-state index in [2.05, 4.69) is 23.1 Å². The number of carbonyl (C=O) groups excluding carboxylic acids is 2. The van der Waals surface area contributed by atoms with Gasteiger partial charge >= 0.3 is 0 Å². The summed E-state index contributed by atoms with van der Waals surface area (Å²) in [6.07, 6.45) is 0. The Labute approximate surface area is 157 Å². The van der Waals surface area contributed by atoms with Crippen molar-refractivity contribution >= 4 is 29.3 Å². The van der Waals surface area contributed by atoms with Gasteiger partial charge in [0.15, 0.2) is 0 Å². The molecule has 0 saturated heterocycles. The van der Waals surface area contributed by atoms with Crippen molar-refractivity contribution in [2.24, 2.45) is 0 Å². The largest absolute Gasteiger partial charge is 0.497 e. The fourth-order valence-electron chi connectivity index (χ4n) is 2.11. The molecule has 0 aliphatic heterocycles. The van der Waals surface area contributed by atoms with Crippen LogP contribution in [0.15, 0.2) is 48.5 Å². The molecule has 138 valence electrons. The van der Waals surface area contributed by atoms with Gasteiger partial charge in [-0.05, 0) is 47.7 Å². The summed E-state index contributed by atoms with van der Waals surface area (Å²) in [5, 5.41) is 2.97. The van der Waals surface area contributed by atoms with Gasteiger partial charge < -0.3 is 10.1 Å². The van der Waals surface area contributed by atoms with Crippen LogP contribution in [0, 0.1) is 0 Å². The highest BCUT2D eigenvalue weighted by Gasteiger charge is 2.07. The van der Waals surface area contributed by atoms with Gasteiger partial charge in [-0.3, -0.25) is 20.4 Å². The molecule has 2 aromatic carbocycles. The van der Waals surface area contributed by atoms with Crippen LogP contribution in [0.4, 0.5) is 5.69 Å². The molecule has 0 atom stereocenters. The number of hydrazine groups is 1. The summed E-state index contributed by atoms with van der Waals surface area (Å²) < 4.78 is 5.07. The summed E-state index contributed by atoms with van der Waals surface area (Å²) in [6, 6.07) is 14.6. The Bertz CT molecular complexity index is 718. The first kappa shape index (κ1) is 19.7. The second kappa shape index (κ2) is 10.4. The average Bonchev–Trinajstić information content (AvgIpc) is 2.69. The molecule has 2 aromatic rings. The molecule has 2 amide bonds. The number of benzene rings is 2. The number of nitrogens with one attached hydrogen (secondary N) is 3. The van der Waals surface area contributed by atoms with Crippen LogP contribution < -0.4 is 20.9 Å². The minimum atomic E-state index is -0.350. The van der Waals surface area contributed by atoms with Crippen LogP contribution in [0.1, 0.15) is 22.8 Å². The Kier molecular flexibility index (Phi) is 7.82. The van der Waals surface area contributed by atoms with E-state index in [-0.39, 0.29) is 18.4 Å². The molecule has 26 heavy (non-hydrogen) atoms. The predicted octanol–water partition coefficient (Wildman–Crippen LogP) is 2.82. The van der Waals surface area contributed by atoms with Crippen molar-refractivity contribution in [3.05, 3.63) is 59.7 Å². The van der Waals surface area contributed by atoms with Gasteiger partial charge in [-0.15, -0.1) is 0 Å². The number of thioether (sulfide) groups is 1. The molecule has 0 bridgehead atoms. The van der Waals surface area contributed by atoms with Crippen molar-refractivity contribution in [3.63, 3.8) is 0 Å². The van der Waals surface area contributed by atoms with Crippen molar-refractivity contribution in [1.82, 2.24) is 10.9 Å². The van der Waals surface area contributed by atoms with Crippen molar-refractivity contribution in [2.75, 3.05) is 24.7 Å². The normalized spacial score (nSPS) is 10.1. The molecule has 7 heteroatoms. The van der Waals surface area contributed by atoms with E-state index in [1.807, 2.05) is 36.0 Å². The molecule has 0 spiro atoms. The van der Waals surface area contributed by atoms with Crippen LogP contribution in [0.25, 0.3) is 0 Å². The third-order valence-corrected chi connectivity index (χ3v) is 4.49. The van der Waals surface area contributed by atoms with Crippen LogP contribution in [0.2, 0.25) is 0 Å². The van der Waals surface area contributed by atoms with Gasteiger partial charge in [0.25, 0.3) is 11.8 Å². The van der Waals surface area contributed by atoms with Crippen LogP contribution >= 0.6 is 11.8 Å². The number of anilines is 1. The van der Waals surface area contributed by atoms with E-state index in [0.29, 0.717) is 5.56 Å². The van der Waals surface area contributed by atoms with E-state index in [4.69, 9.17) is 4.74 Å². The number of ether oxygens (including phenoxy) is 1. The Balaban J connectivity index is 1.74. The highest BCUT2D eigenvalue weighted by molar-refractivity contribution is 7.98. The molecule has 0 heterocycles. The number of hydrogen-bond donors (Lipinski definition) is 3. The molecular formula is C19H23N3O3S. The topological polar surface area (TPSA) is 79.5 Å². The molecule has 3 N–H and O–H groups in total.